The number of likely N-dealkylation sites (tertiary alicyclic amines) is 1. The highest BCUT2D eigenvalue weighted by atomic mass is 16.6. The van der Waals surface area contributed by atoms with Gasteiger partial charge in [-0.2, -0.15) is 0 Å². The molecule has 1 aromatic carbocycles. The maximum Gasteiger partial charge on any atom is 0.274 e. The molecule has 0 aliphatic carbocycles. The van der Waals surface area contributed by atoms with Crippen molar-refractivity contribution in [3.63, 3.8) is 0 Å². The van der Waals surface area contributed by atoms with Crippen LogP contribution in [0.2, 0.25) is 0 Å². The number of carbonyl (C=O) groups is 1. The highest BCUT2D eigenvalue weighted by Crippen LogP contribution is 2.21. The van der Waals surface area contributed by atoms with Crippen LogP contribution < -0.4 is 0 Å². The minimum atomic E-state index is -0.320. The van der Waals surface area contributed by atoms with Crippen LogP contribution in [0.4, 0.5) is 0 Å². The van der Waals surface area contributed by atoms with E-state index in [1.54, 1.807) is 11.1 Å². The van der Waals surface area contributed by atoms with Crippen molar-refractivity contribution in [2.24, 2.45) is 5.16 Å². The quantitative estimate of drug-likeness (QED) is 0.855. The molecule has 1 saturated heterocycles. The number of aliphatic hydroxyl groups is 1. The number of oxime groups is 1. The van der Waals surface area contributed by atoms with Crippen LogP contribution in [0.15, 0.2) is 41.8 Å². The molecule has 7 nitrogen and oxygen atoms in total. The molecule has 1 amide bonds. The van der Waals surface area contributed by atoms with Crippen molar-refractivity contribution in [3.8, 4) is 11.3 Å². The highest BCUT2D eigenvalue weighted by molar-refractivity contribution is 5.99. The van der Waals surface area contributed by atoms with Gasteiger partial charge in [-0.15, -0.1) is 0 Å². The van der Waals surface area contributed by atoms with Crippen LogP contribution in [0.1, 0.15) is 22.5 Å². The van der Waals surface area contributed by atoms with E-state index in [1.165, 1.54) is 13.3 Å². The van der Waals surface area contributed by atoms with E-state index >= 15 is 0 Å². The van der Waals surface area contributed by atoms with Crippen LogP contribution in [0.25, 0.3) is 11.3 Å². The lowest BCUT2D eigenvalue weighted by atomic mass is 10.1. The van der Waals surface area contributed by atoms with Gasteiger partial charge in [-0.3, -0.25) is 9.78 Å². The van der Waals surface area contributed by atoms with E-state index in [2.05, 4.69) is 15.1 Å². The Morgan fingerprint density at radius 1 is 1.36 bits per heavy atom. The molecular weight excluding hydrogens is 320 g/mol. The zero-order chi connectivity index (χ0) is 17.8. The van der Waals surface area contributed by atoms with Crippen molar-refractivity contribution >= 4 is 11.6 Å². The number of carbonyl (C=O) groups excluding carboxylic acids is 1. The third-order valence-electron chi connectivity index (χ3n) is 4.25. The number of hydrogen-bond acceptors (Lipinski definition) is 6. The molecule has 0 bridgehead atoms. The fourth-order valence-corrected chi connectivity index (χ4v) is 2.95. The van der Waals surface area contributed by atoms with Crippen LogP contribution in [-0.2, 0) is 4.84 Å². The maximum atomic E-state index is 12.7. The maximum absolute atomic E-state index is 12.7. The second-order valence-corrected chi connectivity index (χ2v) is 5.92. The molecule has 0 unspecified atom stereocenters. The third-order valence-corrected chi connectivity index (χ3v) is 4.25. The molecule has 130 valence electrons. The molecule has 1 atom stereocenters. The lowest BCUT2D eigenvalue weighted by Gasteiger charge is -2.21. The number of aromatic nitrogens is 2. The summed E-state index contributed by atoms with van der Waals surface area (Å²) in [6, 6.07) is 7.56. The first-order valence-electron chi connectivity index (χ1n) is 8.02. The Kier molecular flexibility index (Phi) is 5.04. The predicted octanol–water partition coefficient (Wildman–Crippen LogP) is 1.66. The molecular formula is C18H20N4O3. The summed E-state index contributed by atoms with van der Waals surface area (Å²) in [7, 11) is 1.46. The molecule has 1 aliphatic heterocycles. The van der Waals surface area contributed by atoms with E-state index < -0.39 is 0 Å². The fourth-order valence-electron chi connectivity index (χ4n) is 2.95. The fraction of sp³-hybridized carbons (Fsp3) is 0.333. The highest BCUT2D eigenvalue weighted by Gasteiger charge is 2.34. The molecule has 7 heteroatoms. The second-order valence-electron chi connectivity index (χ2n) is 5.92. The molecule has 25 heavy (non-hydrogen) atoms. The molecule has 1 N–H and O–H groups in total. The van der Waals surface area contributed by atoms with Crippen LogP contribution in [0.3, 0.4) is 0 Å². The van der Waals surface area contributed by atoms with Gasteiger partial charge in [0.05, 0.1) is 43.0 Å². The van der Waals surface area contributed by atoms with Crippen molar-refractivity contribution in [1.29, 1.82) is 0 Å². The van der Waals surface area contributed by atoms with Crippen molar-refractivity contribution in [2.75, 3.05) is 20.3 Å². The van der Waals surface area contributed by atoms with Gasteiger partial charge < -0.3 is 14.8 Å². The number of benzene rings is 1. The summed E-state index contributed by atoms with van der Waals surface area (Å²) in [5.74, 6) is -0.274. The number of amides is 1. The molecule has 1 aliphatic rings. The van der Waals surface area contributed by atoms with Crippen molar-refractivity contribution < 1.29 is 14.7 Å². The molecule has 1 fully saturated rings. The Balaban J connectivity index is 1.81. The van der Waals surface area contributed by atoms with Crippen LogP contribution >= 0.6 is 0 Å². The number of nitrogens with zero attached hydrogens (tertiary/aromatic N) is 4. The third kappa shape index (κ3) is 3.51. The monoisotopic (exact) mass is 340 g/mol. The zero-order valence-electron chi connectivity index (χ0n) is 14.2. The molecule has 3 rings (SSSR count). The minimum Gasteiger partial charge on any atom is -0.399 e. The van der Waals surface area contributed by atoms with Crippen LogP contribution in [0, 0.1) is 6.92 Å². The Labute approximate surface area is 146 Å². The van der Waals surface area contributed by atoms with Gasteiger partial charge in [-0.1, -0.05) is 29.4 Å². The topological polar surface area (TPSA) is 87.9 Å². The van der Waals surface area contributed by atoms with Crippen LogP contribution in [-0.4, -0.2) is 57.9 Å². The molecule has 0 spiro atoms. The summed E-state index contributed by atoms with van der Waals surface area (Å²) in [6.45, 7) is 2.19. The Bertz CT molecular complexity index is 789. The lowest BCUT2D eigenvalue weighted by molar-refractivity contribution is 0.0674. The number of aryl methyl sites for hydroxylation is 1. The van der Waals surface area contributed by atoms with Crippen molar-refractivity contribution in [1.82, 2.24) is 14.9 Å². The summed E-state index contributed by atoms with van der Waals surface area (Å²) in [4.78, 5) is 27.7. The summed E-state index contributed by atoms with van der Waals surface area (Å²) in [5, 5.41) is 13.4. The average Bonchev–Trinajstić information content (AvgIpc) is 3.05. The largest absolute Gasteiger partial charge is 0.399 e. The first-order chi connectivity index (χ1) is 12.1. The number of rotatable bonds is 4. The normalized spacial score (nSPS) is 18.6. The Morgan fingerprint density at radius 3 is 2.80 bits per heavy atom. The van der Waals surface area contributed by atoms with E-state index in [9.17, 15) is 9.90 Å². The predicted molar refractivity (Wildman–Crippen MR) is 93.2 cm³/mol. The zero-order valence-corrected chi connectivity index (χ0v) is 14.2. The van der Waals surface area contributed by atoms with Gasteiger partial charge in [-0.25, -0.2) is 4.98 Å². The molecule has 0 saturated carbocycles. The lowest BCUT2D eigenvalue weighted by Crippen LogP contribution is -2.38. The minimum absolute atomic E-state index is 0.136. The molecule has 2 heterocycles. The van der Waals surface area contributed by atoms with Crippen LogP contribution in [0.5, 0.6) is 0 Å². The SMILES string of the molecule is CO/N=C1\C[C@@H](CO)N(C(=O)c2cnc(-c3ccccc3C)cn2)C1. The van der Waals surface area contributed by atoms with Gasteiger partial charge in [0.15, 0.2) is 0 Å². The standard InChI is InChI=1S/C18H20N4O3/c1-12-5-3-4-6-15(12)16-8-20-17(9-19-16)18(24)22-10-13(21-25-2)7-14(22)11-23/h3-6,8-9,14,23H,7,10-11H2,1-2H3/b21-13+/t14-/m0/s1. The summed E-state index contributed by atoms with van der Waals surface area (Å²) in [5.41, 5.74) is 3.76. The van der Waals surface area contributed by atoms with Gasteiger partial charge >= 0.3 is 0 Å². The molecule has 0 radical (unpaired) electrons. The Morgan fingerprint density at radius 2 is 2.16 bits per heavy atom. The number of hydrogen-bond donors (Lipinski definition) is 1. The van der Waals surface area contributed by atoms with Gasteiger partial charge in [0, 0.05) is 12.0 Å². The first-order valence-corrected chi connectivity index (χ1v) is 8.02. The summed E-state index contributed by atoms with van der Waals surface area (Å²) in [6.07, 6.45) is 3.57. The van der Waals surface area contributed by atoms with Gasteiger partial charge in [0.1, 0.15) is 12.8 Å². The van der Waals surface area contributed by atoms with Gasteiger partial charge in [0.25, 0.3) is 5.91 Å². The van der Waals surface area contributed by atoms with E-state index in [0.717, 1.165) is 22.5 Å². The van der Waals surface area contributed by atoms with E-state index in [0.29, 0.717) is 13.0 Å². The summed E-state index contributed by atoms with van der Waals surface area (Å²) >= 11 is 0. The molecule has 1 aromatic heterocycles. The van der Waals surface area contributed by atoms with Crippen molar-refractivity contribution in [2.45, 2.75) is 19.4 Å². The average molecular weight is 340 g/mol. The first kappa shape index (κ1) is 17.0. The van der Waals surface area contributed by atoms with E-state index in [1.807, 2.05) is 31.2 Å². The number of aliphatic hydroxyl groups excluding tert-OH is 1. The van der Waals surface area contributed by atoms with Gasteiger partial charge in [-0.05, 0) is 12.5 Å². The van der Waals surface area contributed by atoms with E-state index in [-0.39, 0.29) is 24.2 Å². The second kappa shape index (κ2) is 7.40. The van der Waals surface area contributed by atoms with Gasteiger partial charge in [0.2, 0.25) is 0 Å². The van der Waals surface area contributed by atoms with E-state index in [4.69, 9.17) is 4.84 Å². The smallest absolute Gasteiger partial charge is 0.274 e. The molecule has 2 aromatic rings. The summed E-state index contributed by atoms with van der Waals surface area (Å²) < 4.78 is 0. The Hall–Kier alpha value is -2.80. The van der Waals surface area contributed by atoms with Crippen molar-refractivity contribution in [3.05, 3.63) is 47.9 Å².